The first-order valence-corrected chi connectivity index (χ1v) is 7.19. The molecule has 0 spiro atoms. The lowest BCUT2D eigenvalue weighted by molar-refractivity contribution is 0.162. The largest absolute Gasteiger partial charge is 0.393 e. The molecule has 0 heterocycles. The number of benzene rings is 1. The first-order chi connectivity index (χ1) is 9.31. The molecule has 0 amide bonds. The summed E-state index contributed by atoms with van der Waals surface area (Å²) >= 11 is 0. The van der Waals surface area contributed by atoms with Gasteiger partial charge in [0.1, 0.15) is 5.82 Å². The molecule has 0 aliphatic heterocycles. The third kappa shape index (κ3) is 5.10. The standard InChI is InChI=1S/C16H27FN2O/c1-11(8-12(2)20)10-18-13(3)15-7-6-14(17)9-16(15)19(4)5/h6-7,9,11-13,18,20H,8,10H2,1-5H3. The van der Waals surface area contributed by atoms with Crippen molar-refractivity contribution in [2.75, 3.05) is 25.5 Å². The highest BCUT2D eigenvalue weighted by Crippen LogP contribution is 2.26. The summed E-state index contributed by atoms with van der Waals surface area (Å²) in [7, 11) is 3.84. The minimum atomic E-state index is -0.273. The van der Waals surface area contributed by atoms with Crippen LogP contribution in [0.2, 0.25) is 0 Å². The number of aliphatic hydroxyl groups excluding tert-OH is 1. The van der Waals surface area contributed by atoms with Crippen LogP contribution in [-0.4, -0.2) is 31.9 Å². The summed E-state index contributed by atoms with van der Waals surface area (Å²) in [5.74, 6) is 0.188. The Morgan fingerprint density at radius 1 is 1.25 bits per heavy atom. The van der Waals surface area contributed by atoms with Crippen molar-refractivity contribution in [1.82, 2.24) is 5.32 Å². The molecule has 20 heavy (non-hydrogen) atoms. The van der Waals surface area contributed by atoms with Crippen LogP contribution in [0.4, 0.5) is 10.1 Å². The van der Waals surface area contributed by atoms with Gasteiger partial charge in [-0.25, -0.2) is 4.39 Å². The van der Waals surface area contributed by atoms with Gasteiger partial charge in [0.05, 0.1) is 6.10 Å². The van der Waals surface area contributed by atoms with E-state index in [1.54, 1.807) is 6.07 Å². The molecule has 0 aliphatic carbocycles. The topological polar surface area (TPSA) is 35.5 Å². The molecule has 0 fully saturated rings. The Hall–Kier alpha value is -1.13. The molecular formula is C16H27FN2O. The van der Waals surface area contributed by atoms with Crippen LogP contribution in [0, 0.1) is 11.7 Å². The van der Waals surface area contributed by atoms with Gasteiger partial charge in [0.2, 0.25) is 0 Å². The highest BCUT2D eigenvalue weighted by atomic mass is 19.1. The van der Waals surface area contributed by atoms with E-state index < -0.39 is 0 Å². The third-order valence-electron chi connectivity index (χ3n) is 3.46. The van der Waals surface area contributed by atoms with E-state index in [0.29, 0.717) is 5.92 Å². The fraction of sp³-hybridized carbons (Fsp3) is 0.625. The van der Waals surface area contributed by atoms with E-state index in [4.69, 9.17) is 0 Å². The van der Waals surface area contributed by atoms with E-state index in [0.717, 1.165) is 24.2 Å². The summed E-state index contributed by atoms with van der Waals surface area (Å²) in [6.45, 7) is 6.83. The predicted octanol–water partition coefficient (Wildman–Crippen LogP) is 2.95. The van der Waals surface area contributed by atoms with Crippen molar-refractivity contribution < 1.29 is 9.50 Å². The lowest BCUT2D eigenvalue weighted by Crippen LogP contribution is -2.27. The first-order valence-electron chi connectivity index (χ1n) is 7.19. The monoisotopic (exact) mass is 282 g/mol. The van der Waals surface area contributed by atoms with Crippen LogP contribution < -0.4 is 10.2 Å². The van der Waals surface area contributed by atoms with Gasteiger partial charge in [-0.3, -0.25) is 0 Å². The smallest absolute Gasteiger partial charge is 0.125 e. The Labute approximate surface area is 121 Å². The molecule has 0 radical (unpaired) electrons. The Kier molecular flexibility index (Phi) is 6.43. The molecule has 2 N–H and O–H groups in total. The SMILES string of the molecule is CC(O)CC(C)CNC(C)c1ccc(F)cc1N(C)C. The molecule has 3 unspecified atom stereocenters. The Bertz CT molecular complexity index is 421. The summed E-state index contributed by atoms with van der Waals surface area (Å²) in [5.41, 5.74) is 1.98. The van der Waals surface area contributed by atoms with Crippen molar-refractivity contribution in [3.05, 3.63) is 29.6 Å². The summed E-state index contributed by atoms with van der Waals surface area (Å²) in [5, 5.41) is 12.8. The Balaban J connectivity index is 2.70. The van der Waals surface area contributed by atoms with Crippen LogP contribution in [0.5, 0.6) is 0 Å². The van der Waals surface area contributed by atoms with Crippen LogP contribution in [0.1, 0.15) is 38.8 Å². The van der Waals surface area contributed by atoms with Crippen LogP contribution in [0.3, 0.4) is 0 Å². The molecule has 1 rings (SSSR count). The highest BCUT2D eigenvalue weighted by molar-refractivity contribution is 5.54. The molecule has 0 saturated heterocycles. The molecule has 114 valence electrons. The molecule has 3 nitrogen and oxygen atoms in total. The maximum atomic E-state index is 13.4. The van der Waals surface area contributed by atoms with Crippen molar-refractivity contribution in [3.63, 3.8) is 0 Å². The number of hydrogen-bond donors (Lipinski definition) is 2. The van der Waals surface area contributed by atoms with Crippen molar-refractivity contribution in [2.24, 2.45) is 5.92 Å². The number of hydrogen-bond acceptors (Lipinski definition) is 3. The zero-order chi connectivity index (χ0) is 15.3. The molecule has 1 aromatic carbocycles. The highest BCUT2D eigenvalue weighted by Gasteiger charge is 2.14. The molecule has 0 bridgehead atoms. The molecule has 1 aromatic rings. The van der Waals surface area contributed by atoms with Crippen LogP contribution in [0.15, 0.2) is 18.2 Å². The fourth-order valence-electron chi connectivity index (χ4n) is 2.42. The molecule has 3 atom stereocenters. The van der Waals surface area contributed by atoms with Crippen molar-refractivity contribution in [3.8, 4) is 0 Å². The van der Waals surface area contributed by atoms with Crippen LogP contribution >= 0.6 is 0 Å². The quantitative estimate of drug-likeness (QED) is 0.807. The number of anilines is 1. The van der Waals surface area contributed by atoms with Crippen molar-refractivity contribution in [1.29, 1.82) is 0 Å². The average molecular weight is 282 g/mol. The van der Waals surface area contributed by atoms with E-state index in [9.17, 15) is 9.50 Å². The number of nitrogens with one attached hydrogen (secondary N) is 1. The van der Waals surface area contributed by atoms with Gasteiger partial charge < -0.3 is 15.3 Å². The molecular weight excluding hydrogens is 255 g/mol. The second-order valence-electron chi connectivity index (χ2n) is 5.92. The van der Waals surface area contributed by atoms with E-state index in [2.05, 4.69) is 19.2 Å². The van der Waals surface area contributed by atoms with Crippen molar-refractivity contribution >= 4 is 5.69 Å². The molecule has 0 saturated carbocycles. The Morgan fingerprint density at radius 3 is 2.45 bits per heavy atom. The van der Waals surface area contributed by atoms with Crippen LogP contribution in [-0.2, 0) is 0 Å². The first kappa shape index (κ1) is 16.9. The summed E-state index contributed by atoms with van der Waals surface area (Å²) in [6, 6.07) is 5.04. The zero-order valence-corrected chi connectivity index (χ0v) is 13.2. The summed E-state index contributed by atoms with van der Waals surface area (Å²) < 4.78 is 13.4. The maximum Gasteiger partial charge on any atom is 0.125 e. The second-order valence-corrected chi connectivity index (χ2v) is 5.92. The van der Waals surface area contributed by atoms with Gasteiger partial charge in [0.25, 0.3) is 0 Å². The van der Waals surface area contributed by atoms with E-state index in [-0.39, 0.29) is 18.0 Å². The number of aliphatic hydroxyl groups is 1. The predicted molar refractivity (Wildman–Crippen MR) is 82.6 cm³/mol. The molecule has 4 heteroatoms. The minimum absolute atomic E-state index is 0.143. The number of rotatable bonds is 7. The lowest BCUT2D eigenvalue weighted by Gasteiger charge is -2.24. The van der Waals surface area contributed by atoms with Gasteiger partial charge >= 0.3 is 0 Å². The van der Waals surface area contributed by atoms with Crippen molar-refractivity contribution in [2.45, 2.75) is 39.3 Å². The normalized spacial score (nSPS) is 15.8. The van der Waals surface area contributed by atoms with Gasteiger partial charge in [0, 0.05) is 25.8 Å². The lowest BCUT2D eigenvalue weighted by atomic mass is 10.0. The second kappa shape index (κ2) is 7.60. The average Bonchev–Trinajstić information content (AvgIpc) is 2.35. The Morgan fingerprint density at radius 2 is 1.90 bits per heavy atom. The number of nitrogens with zero attached hydrogens (tertiary/aromatic N) is 1. The zero-order valence-electron chi connectivity index (χ0n) is 13.2. The van der Waals surface area contributed by atoms with Gasteiger partial charge in [0.15, 0.2) is 0 Å². The summed E-state index contributed by atoms with van der Waals surface area (Å²) in [4.78, 5) is 1.93. The van der Waals surface area contributed by atoms with Gasteiger partial charge in [-0.05, 0) is 50.4 Å². The molecule has 0 aromatic heterocycles. The summed E-state index contributed by atoms with van der Waals surface area (Å²) in [6.07, 6.45) is 0.509. The number of halogens is 1. The third-order valence-corrected chi connectivity index (χ3v) is 3.46. The maximum absolute atomic E-state index is 13.4. The fourth-order valence-corrected chi connectivity index (χ4v) is 2.42. The van der Waals surface area contributed by atoms with Gasteiger partial charge in [-0.2, -0.15) is 0 Å². The van der Waals surface area contributed by atoms with E-state index >= 15 is 0 Å². The van der Waals surface area contributed by atoms with Crippen LogP contribution in [0.25, 0.3) is 0 Å². The van der Waals surface area contributed by atoms with E-state index in [1.807, 2.05) is 32.0 Å². The van der Waals surface area contributed by atoms with Gasteiger partial charge in [-0.1, -0.05) is 13.0 Å². The molecule has 0 aliphatic rings. The van der Waals surface area contributed by atoms with Gasteiger partial charge in [-0.15, -0.1) is 0 Å². The van der Waals surface area contributed by atoms with E-state index in [1.165, 1.54) is 6.07 Å². The minimum Gasteiger partial charge on any atom is -0.393 e.